The van der Waals surface area contributed by atoms with Gasteiger partial charge < -0.3 is 15.5 Å². The highest BCUT2D eigenvalue weighted by Gasteiger charge is 2.34. The number of halogens is 5. The zero-order chi connectivity index (χ0) is 18.9. The molecule has 2 saturated heterocycles. The number of alkyl halides is 3. The first-order valence-corrected chi connectivity index (χ1v) is 9.15. The van der Waals surface area contributed by atoms with Gasteiger partial charge in [-0.05, 0) is 31.7 Å². The second-order valence-electron chi connectivity index (χ2n) is 6.98. The van der Waals surface area contributed by atoms with Crippen molar-refractivity contribution in [3.8, 4) is 0 Å². The Labute approximate surface area is 167 Å². The van der Waals surface area contributed by atoms with Crippen LogP contribution in [0.2, 0.25) is 5.02 Å². The number of anilines is 1. The van der Waals surface area contributed by atoms with E-state index in [1.807, 2.05) is 9.80 Å². The number of carbonyl (C=O) groups excluding carboxylic acids is 1. The molecule has 0 radical (unpaired) electrons. The molecule has 27 heavy (non-hydrogen) atoms. The third-order valence-electron chi connectivity index (χ3n) is 5.06. The van der Waals surface area contributed by atoms with Crippen molar-refractivity contribution in [3.63, 3.8) is 0 Å². The van der Waals surface area contributed by atoms with Gasteiger partial charge in [-0.3, -0.25) is 4.79 Å². The van der Waals surface area contributed by atoms with Crippen molar-refractivity contribution in [3.05, 3.63) is 22.8 Å². The monoisotopic (exact) mass is 426 g/mol. The Morgan fingerprint density at radius 3 is 2.44 bits per heavy atom. The Morgan fingerprint density at radius 2 is 1.89 bits per heavy atom. The SMILES string of the molecule is Cl.NC1CCCN(C(=O)C2CCN(c3ncc(C(F)(F)F)cc3Cl)CC2)C1. The van der Waals surface area contributed by atoms with Crippen LogP contribution in [0.1, 0.15) is 31.2 Å². The molecule has 1 amide bonds. The Hall–Kier alpha value is -1.25. The Kier molecular flexibility index (Phi) is 7.21. The molecule has 1 aromatic heterocycles. The van der Waals surface area contributed by atoms with Gasteiger partial charge in [0.15, 0.2) is 0 Å². The van der Waals surface area contributed by atoms with Gasteiger partial charge in [-0.15, -0.1) is 12.4 Å². The maximum absolute atomic E-state index is 12.7. The highest BCUT2D eigenvalue weighted by molar-refractivity contribution is 6.33. The average Bonchev–Trinajstić information content (AvgIpc) is 2.60. The number of carbonyl (C=O) groups is 1. The molecule has 0 bridgehead atoms. The molecule has 0 aliphatic carbocycles. The van der Waals surface area contributed by atoms with E-state index < -0.39 is 11.7 Å². The molecule has 0 spiro atoms. The summed E-state index contributed by atoms with van der Waals surface area (Å²) < 4.78 is 38.2. The number of piperidine rings is 2. The Bertz CT molecular complexity index is 666. The number of rotatable bonds is 2. The highest BCUT2D eigenvalue weighted by atomic mass is 35.5. The van der Waals surface area contributed by atoms with Gasteiger partial charge in [0.1, 0.15) is 5.82 Å². The lowest BCUT2D eigenvalue weighted by Crippen LogP contribution is -2.49. The molecule has 1 aromatic rings. The fourth-order valence-corrected chi connectivity index (χ4v) is 3.91. The van der Waals surface area contributed by atoms with E-state index in [2.05, 4.69) is 4.98 Å². The first kappa shape index (κ1) is 22.0. The third-order valence-corrected chi connectivity index (χ3v) is 5.34. The number of likely N-dealkylation sites (tertiary alicyclic amines) is 1. The number of hydrogen-bond acceptors (Lipinski definition) is 4. The van der Waals surface area contributed by atoms with Gasteiger partial charge in [0.25, 0.3) is 0 Å². The van der Waals surface area contributed by atoms with Crippen LogP contribution < -0.4 is 10.6 Å². The van der Waals surface area contributed by atoms with Gasteiger partial charge in [0.05, 0.1) is 10.6 Å². The van der Waals surface area contributed by atoms with E-state index in [0.29, 0.717) is 38.3 Å². The summed E-state index contributed by atoms with van der Waals surface area (Å²) in [4.78, 5) is 20.2. The van der Waals surface area contributed by atoms with Gasteiger partial charge in [0, 0.05) is 44.3 Å². The number of nitrogens with two attached hydrogens (primary N) is 1. The fourth-order valence-electron chi connectivity index (χ4n) is 3.63. The summed E-state index contributed by atoms with van der Waals surface area (Å²) in [6, 6.07) is 0.943. The number of nitrogens with zero attached hydrogens (tertiary/aromatic N) is 3. The van der Waals surface area contributed by atoms with Gasteiger partial charge in [0.2, 0.25) is 5.91 Å². The molecule has 1 unspecified atom stereocenters. The molecule has 0 aromatic carbocycles. The highest BCUT2D eigenvalue weighted by Crippen LogP contribution is 2.34. The van der Waals surface area contributed by atoms with Crippen molar-refractivity contribution in [2.24, 2.45) is 11.7 Å². The van der Waals surface area contributed by atoms with E-state index in [1.54, 1.807) is 0 Å². The normalized spacial score (nSPS) is 21.7. The van der Waals surface area contributed by atoms with Crippen LogP contribution in [0, 0.1) is 5.92 Å². The Morgan fingerprint density at radius 1 is 1.22 bits per heavy atom. The second kappa shape index (κ2) is 8.84. The van der Waals surface area contributed by atoms with Crippen LogP contribution in [-0.2, 0) is 11.0 Å². The number of hydrogen-bond donors (Lipinski definition) is 1. The zero-order valence-electron chi connectivity index (χ0n) is 14.7. The van der Waals surface area contributed by atoms with Gasteiger partial charge >= 0.3 is 6.18 Å². The van der Waals surface area contributed by atoms with Crippen molar-refractivity contribution < 1.29 is 18.0 Å². The lowest BCUT2D eigenvalue weighted by molar-refractivity contribution is -0.138. The fraction of sp³-hybridized carbons (Fsp3) is 0.647. The molecule has 10 heteroatoms. The van der Waals surface area contributed by atoms with Crippen LogP contribution in [0.4, 0.5) is 19.0 Å². The standard InChI is InChI=1S/C17H22ClF3N4O.ClH/c18-14-8-12(17(19,20)21)9-23-15(14)24-6-3-11(4-7-24)16(26)25-5-1-2-13(22)10-25;/h8-9,11,13H,1-7,10,22H2;1H. The van der Waals surface area contributed by atoms with E-state index in [4.69, 9.17) is 17.3 Å². The Balaban J connectivity index is 0.00000261. The van der Waals surface area contributed by atoms with E-state index >= 15 is 0 Å². The van der Waals surface area contributed by atoms with Crippen LogP contribution in [0.15, 0.2) is 12.3 Å². The smallest absolute Gasteiger partial charge is 0.355 e. The minimum Gasteiger partial charge on any atom is -0.355 e. The molecule has 2 N–H and O–H groups in total. The number of aromatic nitrogens is 1. The van der Waals surface area contributed by atoms with E-state index in [0.717, 1.165) is 31.6 Å². The summed E-state index contributed by atoms with van der Waals surface area (Å²) >= 11 is 6.01. The molecule has 2 fully saturated rings. The summed E-state index contributed by atoms with van der Waals surface area (Å²) in [6.45, 7) is 2.42. The van der Waals surface area contributed by atoms with Gasteiger partial charge in [-0.2, -0.15) is 13.2 Å². The summed E-state index contributed by atoms with van der Waals surface area (Å²) in [5.41, 5.74) is 5.08. The summed E-state index contributed by atoms with van der Waals surface area (Å²) in [5.74, 6) is 0.390. The zero-order valence-corrected chi connectivity index (χ0v) is 16.3. The second-order valence-corrected chi connectivity index (χ2v) is 7.38. The lowest BCUT2D eigenvalue weighted by Gasteiger charge is -2.37. The average molecular weight is 427 g/mol. The van der Waals surface area contributed by atoms with Crippen LogP contribution in [-0.4, -0.2) is 48.0 Å². The predicted molar refractivity (Wildman–Crippen MR) is 100 cm³/mol. The molecule has 5 nitrogen and oxygen atoms in total. The molecule has 2 aliphatic rings. The molecular weight excluding hydrogens is 404 g/mol. The topological polar surface area (TPSA) is 62.5 Å². The van der Waals surface area contributed by atoms with E-state index in [9.17, 15) is 18.0 Å². The number of amides is 1. The van der Waals surface area contributed by atoms with Gasteiger partial charge in [-0.25, -0.2) is 4.98 Å². The summed E-state index contributed by atoms with van der Waals surface area (Å²) in [5, 5.41) is -0.0217. The molecule has 152 valence electrons. The summed E-state index contributed by atoms with van der Waals surface area (Å²) in [6.07, 6.45) is -0.540. The maximum Gasteiger partial charge on any atom is 0.417 e. The molecule has 1 atom stereocenters. The predicted octanol–water partition coefficient (Wildman–Crippen LogP) is 3.34. The van der Waals surface area contributed by atoms with E-state index in [-0.39, 0.29) is 35.3 Å². The molecular formula is C17H23Cl2F3N4O. The van der Waals surface area contributed by atoms with Crippen molar-refractivity contribution in [2.75, 3.05) is 31.1 Å². The van der Waals surface area contributed by atoms with Crippen molar-refractivity contribution in [1.82, 2.24) is 9.88 Å². The van der Waals surface area contributed by atoms with Crippen LogP contribution in [0.5, 0.6) is 0 Å². The molecule has 2 aliphatic heterocycles. The van der Waals surface area contributed by atoms with Crippen LogP contribution in [0.25, 0.3) is 0 Å². The first-order chi connectivity index (χ1) is 12.3. The maximum atomic E-state index is 12.7. The van der Waals surface area contributed by atoms with Crippen molar-refractivity contribution in [1.29, 1.82) is 0 Å². The van der Waals surface area contributed by atoms with Crippen molar-refractivity contribution >= 4 is 35.7 Å². The van der Waals surface area contributed by atoms with Crippen molar-refractivity contribution in [2.45, 2.75) is 37.9 Å². The number of pyridine rings is 1. The lowest BCUT2D eigenvalue weighted by atomic mass is 9.94. The quantitative estimate of drug-likeness (QED) is 0.787. The van der Waals surface area contributed by atoms with E-state index in [1.165, 1.54) is 0 Å². The van der Waals surface area contributed by atoms with Crippen LogP contribution >= 0.6 is 24.0 Å². The summed E-state index contributed by atoms with van der Waals surface area (Å²) in [7, 11) is 0. The molecule has 3 rings (SSSR count). The molecule has 0 saturated carbocycles. The minimum absolute atomic E-state index is 0. The minimum atomic E-state index is -4.47. The largest absolute Gasteiger partial charge is 0.417 e. The van der Waals surface area contributed by atoms with Crippen LogP contribution in [0.3, 0.4) is 0 Å². The van der Waals surface area contributed by atoms with Gasteiger partial charge in [-0.1, -0.05) is 11.6 Å². The third kappa shape index (κ3) is 5.18. The molecule has 3 heterocycles. The first-order valence-electron chi connectivity index (χ1n) is 8.78.